The minimum absolute atomic E-state index is 0.273. The lowest BCUT2D eigenvalue weighted by Gasteiger charge is -2.13. The molecule has 0 radical (unpaired) electrons. The predicted molar refractivity (Wildman–Crippen MR) is 70.9 cm³/mol. The van der Waals surface area contributed by atoms with E-state index in [9.17, 15) is 4.79 Å². The second-order valence-corrected chi connectivity index (χ2v) is 4.33. The third kappa shape index (κ3) is 2.69. The second kappa shape index (κ2) is 5.20. The van der Waals surface area contributed by atoms with Crippen molar-refractivity contribution in [3.05, 3.63) is 41.7 Å². The van der Waals surface area contributed by atoms with Crippen LogP contribution in [0.5, 0.6) is 0 Å². The molecule has 0 spiro atoms. The van der Waals surface area contributed by atoms with E-state index in [0.29, 0.717) is 10.7 Å². The van der Waals surface area contributed by atoms with Gasteiger partial charge in [0, 0.05) is 17.4 Å². The molecule has 18 heavy (non-hydrogen) atoms. The topological polar surface area (TPSA) is 72.9 Å². The summed E-state index contributed by atoms with van der Waals surface area (Å²) in [5.74, 6) is -0.273. The first-order valence-electron chi connectivity index (χ1n) is 5.44. The molecule has 0 aliphatic rings. The monoisotopic (exact) mass is 264 g/mol. The van der Waals surface area contributed by atoms with Gasteiger partial charge in [-0.2, -0.15) is 5.10 Å². The van der Waals surface area contributed by atoms with Gasteiger partial charge < -0.3 is 11.1 Å². The molecule has 1 aromatic carbocycles. The van der Waals surface area contributed by atoms with Crippen LogP contribution in [0.4, 0.5) is 5.69 Å². The molecule has 1 aromatic heterocycles. The molecule has 0 bridgehead atoms. The summed E-state index contributed by atoms with van der Waals surface area (Å²) in [4.78, 5) is 11.6. The average molecular weight is 265 g/mol. The van der Waals surface area contributed by atoms with Gasteiger partial charge >= 0.3 is 0 Å². The summed E-state index contributed by atoms with van der Waals surface area (Å²) in [6, 6.07) is 6.39. The fourth-order valence-corrected chi connectivity index (χ4v) is 1.64. The zero-order valence-corrected chi connectivity index (χ0v) is 10.6. The number of anilines is 1. The largest absolute Gasteiger partial charge is 0.323 e. The van der Waals surface area contributed by atoms with Gasteiger partial charge in [0.05, 0.1) is 17.4 Å². The molecule has 0 aliphatic carbocycles. The summed E-state index contributed by atoms with van der Waals surface area (Å²) in [7, 11) is 0. The molecule has 0 unspecified atom stereocenters. The molecule has 2 aromatic rings. The number of halogens is 1. The number of hydrogen-bond donors (Lipinski definition) is 2. The van der Waals surface area contributed by atoms with Gasteiger partial charge in [0.25, 0.3) is 0 Å². The fraction of sp³-hybridized carbons (Fsp3) is 0.167. The summed E-state index contributed by atoms with van der Waals surface area (Å²) in [6.07, 6.45) is 3.44. The molecule has 0 saturated carbocycles. The van der Waals surface area contributed by atoms with Crippen LogP contribution < -0.4 is 11.1 Å². The Morgan fingerprint density at radius 3 is 2.94 bits per heavy atom. The number of hydrogen-bond acceptors (Lipinski definition) is 3. The average Bonchev–Trinajstić information content (AvgIpc) is 2.82. The summed E-state index contributed by atoms with van der Waals surface area (Å²) in [6.45, 7) is 1.62. The highest BCUT2D eigenvalue weighted by Gasteiger charge is 2.12. The first-order valence-corrected chi connectivity index (χ1v) is 5.82. The molecule has 1 amide bonds. The van der Waals surface area contributed by atoms with Gasteiger partial charge in [0.15, 0.2) is 0 Å². The lowest BCUT2D eigenvalue weighted by molar-refractivity contribution is -0.117. The van der Waals surface area contributed by atoms with E-state index in [0.717, 1.165) is 5.69 Å². The third-order valence-corrected chi connectivity index (χ3v) is 2.62. The van der Waals surface area contributed by atoms with Crippen LogP contribution in [0.3, 0.4) is 0 Å². The Kier molecular flexibility index (Phi) is 3.64. The molecular weight excluding hydrogens is 252 g/mol. The summed E-state index contributed by atoms with van der Waals surface area (Å²) in [5.41, 5.74) is 6.84. The van der Waals surface area contributed by atoms with Crippen molar-refractivity contribution in [3.63, 3.8) is 0 Å². The molecule has 0 fully saturated rings. The van der Waals surface area contributed by atoms with Crippen LogP contribution in [0, 0.1) is 0 Å². The van der Waals surface area contributed by atoms with E-state index >= 15 is 0 Å². The number of carbonyl (C=O) groups is 1. The summed E-state index contributed by atoms with van der Waals surface area (Å²) < 4.78 is 1.65. The van der Waals surface area contributed by atoms with E-state index < -0.39 is 6.04 Å². The maximum Gasteiger partial charge on any atom is 0.241 e. The van der Waals surface area contributed by atoms with E-state index in [-0.39, 0.29) is 5.91 Å². The van der Waals surface area contributed by atoms with Crippen LogP contribution in [0.25, 0.3) is 5.69 Å². The molecule has 0 aliphatic heterocycles. The van der Waals surface area contributed by atoms with Crippen LogP contribution in [0.2, 0.25) is 5.02 Å². The number of amides is 1. The van der Waals surface area contributed by atoms with Crippen LogP contribution in [0.15, 0.2) is 36.7 Å². The molecule has 0 saturated heterocycles. The zero-order valence-electron chi connectivity index (χ0n) is 9.80. The van der Waals surface area contributed by atoms with Gasteiger partial charge in [0.1, 0.15) is 0 Å². The van der Waals surface area contributed by atoms with Crippen molar-refractivity contribution in [2.45, 2.75) is 13.0 Å². The Balaban J connectivity index is 2.39. The molecule has 1 heterocycles. The molecule has 3 N–H and O–H groups in total. The Morgan fingerprint density at radius 2 is 2.33 bits per heavy atom. The number of nitrogens with zero attached hydrogens (tertiary/aromatic N) is 2. The van der Waals surface area contributed by atoms with Gasteiger partial charge in [-0.1, -0.05) is 11.6 Å². The molecule has 1 atom stereocenters. The molecule has 2 rings (SSSR count). The highest BCUT2D eigenvalue weighted by Crippen LogP contribution is 2.24. The smallest absolute Gasteiger partial charge is 0.241 e. The van der Waals surface area contributed by atoms with Gasteiger partial charge in [-0.3, -0.25) is 4.79 Å². The van der Waals surface area contributed by atoms with E-state index in [1.54, 1.807) is 48.3 Å². The summed E-state index contributed by atoms with van der Waals surface area (Å²) >= 11 is 5.93. The number of nitrogens with two attached hydrogens (primary N) is 1. The van der Waals surface area contributed by atoms with Crippen molar-refractivity contribution in [1.82, 2.24) is 9.78 Å². The molecule has 6 heteroatoms. The third-order valence-electron chi connectivity index (χ3n) is 2.38. The first kappa shape index (κ1) is 12.6. The SMILES string of the molecule is C[C@H](N)C(=O)Nc1cc(Cl)ccc1-n1cccn1. The number of rotatable bonds is 3. The lowest BCUT2D eigenvalue weighted by Crippen LogP contribution is -2.32. The van der Waals surface area contributed by atoms with Crippen LogP contribution >= 0.6 is 11.6 Å². The minimum atomic E-state index is -0.588. The van der Waals surface area contributed by atoms with E-state index in [1.807, 2.05) is 0 Å². The van der Waals surface area contributed by atoms with Crippen molar-refractivity contribution in [3.8, 4) is 5.69 Å². The Morgan fingerprint density at radius 1 is 1.56 bits per heavy atom. The van der Waals surface area contributed by atoms with Crippen molar-refractivity contribution >= 4 is 23.2 Å². The standard InChI is InChI=1S/C12H13ClN4O/c1-8(14)12(18)16-10-7-9(13)3-4-11(10)17-6-2-5-15-17/h2-8H,14H2,1H3,(H,16,18)/t8-/m0/s1. The van der Waals surface area contributed by atoms with Gasteiger partial charge in [-0.05, 0) is 31.2 Å². The Hall–Kier alpha value is -1.85. The lowest BCUT2D eigenvalue weighted by atomic mass is 10.2. The van der Waals surface area contributed by atoms with Crippen LogP contribution in [0.1, 0.15) is 6.92 Å². The van der Waals surface area contributed by atoms with Crippen LogP contribution in [-0.4, -0.2) is 21.7 Å². The van der Waals surface area contributed by atoms with E-state index in [2.05, 4.69) is 10.4 Å². The van der Waals surface area contributed by atoms with Gasteiger partial charge in [-0.25, -0.2) is 4.68 Å². The van der Waals surface area contributed by atoms with Crippen molar-refractivity contribution < 1.29 is 4.79 Å². The van der Waals surface area contributed by atoms with E-state index in [4.69, 9.17) is 17.3 Å². The first-order chi connectivity index (χ1) is 8.58. The highest BCUT2D eigenvalue weighted by atomic mass is 35.5. The molecule has 94 valence electrons. The maximum atomic E-state index is 11.6. The maximum absolute atomic E-state index is 11.6. The quantitative estimate of drug-likeness (QED) is 0.888. The second-order valence-electron chi connectivity index (χ2n) is 3.89. The van der Waals surface area contributed by atoms with Crippen molar-refractivity contribution in [2.24, 2.45) is 5.73 Å². The normalized spacial score (nSPS) is 12.2. The summed E-state index contributed by atoms with van der Waals surface area (Å²) in [5, 5.41) is 7.38. The van der Waals surface area contributed by atoms with Gasteiger partial charge in [-0.15, -0.1) is 0 Å². The van der Waals surface area contributed by atoms with Crippen molar-refractivity contribution in [1.29, 1.82) is 0 Å². The van der Waals surface area contributed by atoms with Crippen LogP contribution in [-0.2, 0) is 4.79 Å². The van der Waals surface area contributed by atoms with E-state index in [1.165, 1.54) is 0 Å². The number of benzene rings is 1. The Labute approximate surface area is 110 Å². The number of aromatic nitrogens is 2. The number of carbonyl (C=O) groups excluding carboxylic acids is 1. The Bertz CT molecular complexity index is 551. The minimum Gasteiger partial charge on any atom is -0.323 e. The highest BCUT2D eigenvalue weighted by molar-refractivity contribution is 6.31. The zero-order chi connectivity index (χ0) is 13.1. The van der Waals surface area contributed by atoms with Crippen molar-refractivity contribution in [2.75, 3.05) is 5.32 Å². The number of nitrogens with one attached hydrogen (secondary N) is 1. The van der Waals surface area contributed by atoms with Gasteiger partial charge in [0.2, 0.25) is 5.91 Å². The predicted octanol–water partition coefficient (Wildman–Crippen LogP) is 1.81. The fourth-order valence-electron chi connectivity index (χ4n) is 1.47. The molecular formula is C12H13ClN4O. The molecule has 5 nitrogen and oxygen atoms in total.